The van der Waals surface area contributed by atoms with Crippen molar-refractivity contribution in [3.05, 3.63) is 42.4 Å². The van der Waals surface area contributed by atoms with Gasteiger partial charge in [-0.15, -0.1) is 0 Å². The zero-order valence-electron chi connectivity index (χ0n) is 34.0. The molecule has 0 unspecified atom stereocenters. The van der Waals surface area contributed by atoms with Crippen molar-refractivity contribution in [3.8, 4) is 11.6 Å². The minimum absolute atomic E-state index is 0.00299. The Kier molecular flexibility index (Phi) is 12.8. The molecule has 1 aromatic heterocycles. The SMILES string of the molecule is CCOc1cc2ccnc(O[C@@H]3C[C@H]4C(=O)C[C@]5(C(=O)NS(=O)(=O)C6CC6)C[C@H]5/C=C\CC[C@H](C)C[C@@H](CC)[C@H](CC(=O)OC(C)(C)C(F)(F)F)C(=O)N4C3)c2cc1F. The summed E-state index contributed by atoms with van der Waals surface area (Å²) in [5, 5.41) is 0.153. The number of fused-ring (bicyclic) bond motifs is 3. The number of carbonyl (C=O) groups is 4. The molecule has 2 aliphatic carbocycles. The van der Waals surface area contributed by atoms with Crippen LogP contribution in [0.1, 0.15) is 98.8 Å². The van der Waals surface area contributed by atoms with E-state index in [1.165, 1.54) is 23.2 Å². The average Bonchev–Trinajstić information content (AvgIpc) is 4.08. The van der Waals surface area contributed by atoms with Crippen LogP contribution in [0.15, 0.2) is 36.5 Å². The lowest BCUT2D eigenvalue weighted by molar-refractivity contribution is -0.257. The van der Waals surface area contributed by atoms with Crippen LogP contribution < -0.4 is 14.2 Å². The highest BCUT2D eigenvalue weighted by Crippen LogP contribution is 2.57. The van der Waals surface area contributed by atoms with E-state index >= 15 is 4.39 Å². The number of rotatable bonds is 11. The number of amides is 2. The minimum Gasteiger partial charge on any atom is -0.491 e. The Morgan fingerprint density at radius 1 is 1.08 bits per heavy atom. The number of ketones is 1. The number of hydrogen-bond donors (Lipinski definition) is 1. The third-order valence-corrected chi connectivity index (χ3v) is 14.1. The Hall–Kier alpha value is -4.28. The second-order valence-electron chi connectivity index (χ2n) is 17.1. The van der Waals surface area contributed by atoms with E-state index in [1.54, 1.807) is 13.0 Å². The van der Waals surface area contributed by atoms with E-state index in [1.807, 2.05) is 26.0 Å². The molecule has 1 aromatic carbocycles. The summed E-state index contributed by atoms with van der Waals surface area (Å²) in [4.78, 5) is 62.4. The molecule has 6 rings (SSSR count). The Bertz CT molecular complexity index is 2090. The van der Waals surface area contributed by atoms with E-state index in [2.05, 4.69) is 9.71 Å². The molecule has 1 saturated heterocycles. The molecule has 3 heterocycles. The van der Waals surface area contributed by atoms with Gasteiger partial charge in [0, 0.05) is 24.4 Å². The smallest absolute Gasteiger partial charge is 0.427 e. The van der Waals surface area contributed by atoms with Crippen molar-refractivity contribution in [2.75, 3.05) is 13.2 Å². The maximum absolute atomic E-state index is 15.1. The first-order chi connectivity index (χ1) is 27.7. The number of benzene rings is 1. The molecule has 0 bridgehead atoms. The molecule has 0 spiro atoms. The molecule has 2 saturated carbocycles. The van der Waals surface area contributed by atoms with Crippen molar-refractivity contribution >= 4 is 44.4 Å². The van der Waals surface area contributed by atoms with Gasteiger partial charge in [0.05, 0.1) is 42.2 Å². The van der Waals surface area contributed by atoms with Gasteiger partial charge in [-0.05, 0) is 101 Å². The van der Waals surface area contributed by atoms with Crippen LogP contribution in [0.25, 0.3) is 10.8 Å². The van der Waals surface area contributed by atoms with Crippen molar-refractivity contribution in [2.45, 2.75) is 128 Å². The Morgan fingerprint density at radius 3 is 2.47 bits per heavy atom. The molecule has 4 aliphatic rings. The Balaban J connectivity index is 1.37. The van der Waals surface area contributed by atoms with E-state index in [0.29, 0.717) is 49.3 Å². The van der Waals surface area contributed by atoms with Gasteiger partial charge in [-0.3, -0.25) is 23.9 Å². The lowest BCUT2D eigenvalue weighted by Crippen LogP contribution is -2.48. The third kappa shape index (κ3) is 9.70. The maximum Gasteiger partial charge on any atom is 0.427 e. The number of carbonyl (C=O) groups excluding carboxylic acids is 4. The molecule has 324 valence electrons. The molecule has 2 amide bonds. The van der Waals surface area contributed by atoms with Crippen molar-refractivity contribution in [1.82, 2.24) is 14.6 Å². The number of ether oxygens (including phenoxy) is 3. The summed E-state index contributed by atoms with van der Waals surface area (Å²) < 4.78 is 101. The van der Waals surface area contributed by atoms with Crippen LogP contribution in [-0.2, 0) is 33.9 Å². The van der Waals surface area contributed by atoms with E-state index in [-0.39, 0.29) is 43.5 Å². The van der Waals surface area contributed by atoms with E-state index in [0.717, 1.165) is 13.8 Å². The molecular formula is C42H53F4N3O9S. The second-order valence-corrected chi connectivity index (χ2v) is 19.1. The summed E-state index contributed by atoms with van der Waals surface area (Å²) in [5.41, 5.74) is -4.24. The Morgan fingerprint density at radius 2 is 1.81 bits per heavy atom. The average molecular weight is 852 g/mol. The second kappa shape index (κ2) is 17.0. The van der Waals surface area contributed by atoms with Crippen LogP contribution in [0.2, 0.25) is 0 Å². The maximum atomic E-state index is 15.1. The fourth-order valence-corrected chi connectivity index (χ4v) is 9.86. The van der Waals surface area contributed by atoms with E-state index < -0.39 is 105 Å². The van der Waals surface area contributed by atoms with Gasteiger partial charge in [-0.25, -0.2) is 17.8 Å². The van der Waals surface area contributed by atoms with Gasteiger partial charge in [0.2, 0.25) is 33.3 Å². The number of hydrogen-bond acceptors (Lipinski definition) is 10. The molecule has 3 fully saturated rings. The summed E-state index contributed by atoms with van der Waals surface area (Å²) in [6.45, 7) is 6.98. The topological polar surface area (TPSA) is 158 Å². The van der Waals surface area contributed by atoms with Crippen molar-refractivity contribution in [1.29, 1.82) is 0 Å². The Labute approximate surface area is 341 Å². The van der Waals surface area contributed by atoms with Crippen LogP contribution in [0.5, 0.6) is 11.6 Å². The first kappa shape index (κ1) is 44.3. The van der Waals surface area contributed by atoms with Crippen molar-refractivity contribution in [2.24, 2.45) is 29.1 Å². The number of esters is 1. The van der Waals surface area contributed by atoms with Gasteiger partial charge in [-0.2, -0.15) is 13.2 Å². The van der Waals surface area contributed by atoms with E-state index in [4.69, 9.17) is 14.2 Å². The number of aromatic nitrogens is 1. The van der Waals surface area contributed by atoms with Gasteiger partial charge in [-0.1, -0.05) is 32.4 Å². The standard InChI is InChI=1S/C42H53F4N3O9S/c1-6-25-16-24(3)10-8-9-11-27-21-41(27,39(53)48-59(54,55)29-12-13-29)22-34(50)33-18-28(57-37-30-19-32(43)35(56-7-2)17-26(30)14-15-47-37)23-49(33)38(52)31(25)20-36(51)58-40(4,5)42(44,45)46/h9,11,14-15,17,19,24-25,27-29,31,33H,6-8,10,12-13,16,18,20-23H2,1-5H3,(H,48,53)/b11-9-/t24-,25+,27+,28+,31-,33-,41+/m0/s1. The van der Waals surface area contributed by atoms with Crippen LogP contribution in [-0.4, -0.2) is 84.2 Å². The largest absolute Gasteiger partial charge is 0.491 e. The number of nitrogens with zero attached hydrogens (tertiary/aromatic N) is 2. The number of pyridine rings is 1. The summed E-state index contributed by atoms with van der Waals surface area (Å²) in [7, 11) is -3.96. The molecule has 12 nitrogen and oxygen atoms in total. The van der Waals surface area contributed by atoms with Gasteiger partial charge < -0.3 is 19.1 Å². The fraction of sp³-hybridized carbons (Fsp3) is 0.643. The van der Waals surface area contributed by atoms with E-state index in [9.17, 15) is 40.8 Å². The van der Waals surface area contributed by atoms with Gasteiger partial charge >= 0.3 is 12.1 Å². The number of halogens is 4. The molecule has 1 N–H and O–H groups in total. The number of Topliss-reactive ketones (excluding diaryl/α,β-unsaturated/α-hetero) is 1. The predicted molar refractivity (Wildman–Crippen MR) is 208 cm³/mol. The molecule has 2 aliphatic heterocycles. The number of allylic oxidation sites excluding steroid dienone is 2. The highest BCUT2D eigenvalue weighted by Gasteiger charge is 2.62. The first-order valence-corrected chi connectivity index (χ1v) is 22.0. The fourth-order valence-electron chi connectivity index (χ4n) is 8.47. The number of nitrogens with one attached hydrogen (secondary N) is 1. The first-order valence-electron chi connectivity index (χ1n) is 20.4. The highest BCUT2D eigenvalue weighted by molar-refractivity contribution is 7.90. The quantitative estimate of drug-likeness (QED) is 0.142. The summed E-state index contributed by atoms with van der Waals surface area (Å²) >= 11 is 0. The van der Waals surface area contributed by atoms with Crippen molar-refractivity contribution in [3.63, 3.8) is 0 Å². The van der Waals surface area contributed by atoms with Crippen LogP contribution in [0.3, 0.4) is 0 Å². The molecular weight excluding hydrogens is 799 g/mol. The number of alkyl halides is 3. The normalized spacial score (nSPS) is 28.8. The summed E-state index contributed by atoms with van der Waals surface area (Å²) in [5.74, 6) is -5.98. The van der Waals surface area contributed by atoms with Crippen molar-refractivity contribution < 1.29 is 59.4 Å². The van der Waals surface area contributed by atoms with Crippen LogP contribution in [0.4, 0.5) is 17.6 Å². The lowest BCUT2D eigenvalue weighted by Gasteiger charge is -2.34. The third-order valence-electron chi connectivity index (χ3n) is 12.3. The molecule has 2 aromatic rings. The highest BCUT2D eigenvalue weighted by atomic mass is 32.2. The number of sulfonamides is 1. The zero-order chi connectivity index (χ0) is 43.1. The van der Waals surface area contributed by atoms with Gasteiger partial charge in [0.1, 0.15) is 6.10 Å². The van der Waals surface area contributed by atoms with Crippen LogP contribution >= 0.6 is 0 Å². The predicted octanol–water partition coefficient (Wildman–Crippen LogP) is 6.99. The van der Waals surface area contributed by atoms with Gasteiger partial charge in [0.15, 0.2) is 17.3 Å². The molecule has 0 radical (unpaired) electrons. The van der Waals surface area contributed by atoms with Crippen LogP contribution in [0, 0.1) is 34.9 Å². The lowest BCUT2D eigenvalue weighted by atomic mass is 9.79. The molecule has 17 heteroatoms. The summed E-state index contributed by atoms with van der Waals surface area (Å²) in [6.07, 6.45) is 1.28. The molecule has 7 atom stereocenters. The monoisotopic (exact) mass is 851 g/mol. The molecule has 59 heavy (non-hydrogen) atoms. The summed E-state index contributed by atoms with van der Waals surface area (Å²) in [6, 6.07) is 3.12. The van der Waals surface area contributed by atoms with Gasteiger partial charge in [0.25, 0.3) is 0 Å². The zero-order valence-corrected chi connectivity index (χ0v) is 34.8. The minimum atomic E-state index is -4.89.